The van der Waals surface area contributed by atoms with Gasteiger partial charge in [0.1, 0.15) is 11.1 Å². The number of aromatic nitrogens is 1. The molecule has 32 heavy (non-hydrogen) atoms. The third-order valence-corrected chi connectivity index (χ3v) is 5.38. The first kappa shape index (κ1) is 23.9. The Morgan fingerprint density at radius 2 is 1.81 bits per heavy atom. The van der Waals surface area contributed by atoms with Crippen LogP contribution in [0.1, 0.15) is 43.1 Å². The Hall–Kier alpha value is -2.71. The van der Waals surface area contributed by atoms with Crippen LogP contribution in [0.2, 0.25) is 5.02 Å². The van der Waals surface area contributed by atoms with Crippen molar-refractivity contribution < 1.29 is 18.7 Å². The van der Waals surface area contributed by atoms with Gasteiger partial charge >= 0.3 is 6.09 Å². The number of carbonyl (C=O) groups is 2. The molecule has 0 aliphatic heterocycles. The van der Waals surface area contributed by atoms with E-state index in [2.05, 4.69) is 15.6 Å². The van der Waals surface area contributed by atoms with Crippen molar-refractivity contribution in [1.82, 2.24) is 15.6 Å². The molecule has 0 aliphatic carbocycles. The van der Waals surface area contributed by atoms with Crippen molar-refractivity contribution in [2.75, 3.05) is 13.1 Å². The lowest BCUT2D eigenvalue weighted by molar-refractivity contribution is 0.0527. The Morgan fingerprint density at radius 1 is 1.09 bits per heavy atom. The highest BCUT2D eigenvalue weighted by Crippen LogP contribution is 2.28. The molecule has 2 N–H and O–H groups in total. The fraction of sp³-hybridized carbons (Fsp3) is 0.348. The number of hydrogen-bond acceptors (Lipinski definition) is 6. The van der Waals surface area contributed by atoms with Crippen LogP contribution in [0.4, 0.5) is 4.79 Å². The highest BCUT2D eigenvalue weighted by molar-refractivity contribution is 7.98. The quantitative estimate of drug-likeness (QED) is 0.334. The van der Waals surface area contributed by atoms with Gasteiger partial charge in [0.05, 0.1) is 5.56 Å². The van der Waals surface area contributed by atoms with Gasteiger partial charge in [0, 0.05) is 23.9 Å². The van der Waals surface area contributed by atoms with Crippen LogP contribution in [-0.2, 0) is 10.5 Å². The molecule has 0 atom stereocenters. The lowest BCUT2D eigenvalue weighted by atomic mass is 10.2. The fourth-order valence-corrected chi connectivity index (χ4v) is 3.70. The third-order valence-electron chi connectivity index (χ3n) is 4.23. The van der Waals surface area contributed by atoms with E-state index in [0.717, 1.165) is 5.56 Å². The number of para-hydroxylation sites is 1. The second-order valence-corrected chi connectivity index (χ2v) is 9.45. The number of ether oxygens (including phenoxy) is 1. The predicted octanol–water partition coefficient (Wildman–Crippen LogP) is 5.42. The Labute approximate surface area is 196 Å². The van der Waals surface area contributed by atoms with Gasteiger partial charge in [0.2, 0.25) is 0 Å². The molecule has 3 rings (SSSR count). The van der Waals surface area contributed by atoms with Crippen LogP contribution in [0.3, 0.4) is 0 Å². The topological polar surface area (TPSA) is 93.5 Å². The Morgan fingerprint density at radius 3 is 2.53 bits per heavy atom. The molecule has 1 aromatic heterocycles. The largest absolute Gasteiger partial charge is 0.444 e. The van der Waals surface area contributed by atoms with Crippen molar-refractivity contribution in [3.63, 3.8) is 0 Å². The van der Waals surface area contributed by atoms with Crippen LogP contribution in [0.15, 0.2) is 52.1 Å². The van der Waals surface area contributed by atoms with Gasteiger partial charge in [0.25, 0.3) is 11.1 Å². The molecule has 3 aromatic rings. The van der Waals surface area contributed by atoms with Gasteiger partial charge in [-0.2, -0.15) is 0 Å². The fourth-order valence-electron chi connectivity index (χ4n) is 2.79. The van der Waals surface area contributed by atoms with E-state index in [9.17, 15) is 9.59 Å². The van der Waals surface area contributed by atoms with E-state index in [1.165, 1.54) is 11.8 Å². The minimum atomic E-state index is -0.541. The molecule has 170 valence electrons. The smallest absolute Gasteiger partial charge is 0.407 e. The number of carbonyl (C=O) groups excluding carboxylic acids is 2. The van der Waals surface area contributed by atoms with E-state index in [0.29, 0.717) is 52.2 Å². The summed E-state index contributed by atoms with van der Waals surface area (Å²) < 4.78 is 11.0. The van der Waals surface area contributed by atoms with Crippen molar-refractivity contribution in [2.24, 2.45) is 0 Å². The molecule has 0 bridgehead atoms. The Bertz CT molecular complexity index is 1080. The van der Waals surface area contributed by atoms with Crippen LogP contribution in [0.25, 0.3) is 11.1 Å². The minimum absolute atomic E-state index is 0.240. The van der Waals surface area contributed by atoms with E-state index < -0.39 is 11.7 Å². The molecule has 0 radical (unpaired) electrons. The average molecular weight is 476 g/mol. The molecule has 0 aliphatic rings. The number of hydrogen-bond donors (Lipinski definition) is 2. The van der Waals surface area contributed by atoms with E-state index in [1.54, 1.807) is 39.0 Å². The average Bonchev–Trinajstić information content (AvgIpc) is 3.14. The van der Waals surface area contributed by atoms with Gasteiger partial charge < -0.3 is 19.8 Å². The zero-order chi connectivity index (χ0) is 23.1. The molecular formula is C23H26ClN3O4S. The number of nitrogens with zero attached hydrogens (tertiary/aromatic N) is 1. The van der Waals surface area contributed by atoms with Crippen molar-refractivity contribution in [2.45, 2.75) is 43.8 Å². The standard InChI is InChI=1S/C23H26ClN3O4S/c1-23(2,3)31-21(29)26-13-5-12-25-20(28)17-6-4-7-18-19(17)27-22(30-18)32-14-15-8-10-16(24)11-9-15/h4,6-11H,5,12-14H2,1-3H3,(H,25,28)(H,26,29). The third kappa shape index (κ3) is 7.17. The van der Waals surface area contributed by atoms with Gasteiger partial charge in [-0.05, 0) is 57.0 Å². The number of alkyl carbamates (subject to hydrolysis) is 1. The predicted molar refractivity (Wildman–Crippen MR) is 126 cm³/mol. The molecule has 9 heteroatoms. The van der Waals surface area contributed by atoms with E-state index in [-0.39, 0.29) is 5.91 Å². The maximum absolute atomic E-state index is 12.6. The molecule has 0 fully saturated rings. The Balaban J connectivity index is 1.52. The second kappa shape index (κ2) is 10.7. The number of oxazole rings is 1. The summed E-state index contributed by atoms with van der Waals surface area (Å²) in [7, 11) is 0. The summed E-state index contributed by atoms with van der Waals surface area (Å²) in [6.07, 6.45) is 0.0990. The summed E-state index contributed by atoms with van der Waals surface area (Å²) in [5.74, 6) is 0.436. The molecule has 2 aromatic carbocycles. The number of benzene rings is 2. The van der Waals surface area contributed by atoms with Crippen LogP contribution in [-0.4, -0.2) is 35.7 Å². The normalized spacial score (nSPS) is 11.4. The van der Waals surface area contributed by atoms with Crippen LogP contribution in [0, 0.1) is 0 Å². The number of thioether (sulfide) groups is 1. The minimum Gasteiger partial charge on any atom is -0.444 e. The molecule has 2 amide bonds. The summed E-state index contributed by atoms with van der Waals surface area (Å²) >= 11 is 7.37. The maximum atomic E-state index is 12.6. The number of nitrogens with one attached hydrogen (secondary N) is 2. The molecule has 0 unspecified atom stereocenters. The molecule has 0 saturated heterocycles. The van der Waals surface area contributed by atoms with E-state index >= 15 is 0 Å². The van der Waals surface area contributed by atoms with Crippen LogP contribution < -0.4 is 10.6 Å². The van der Waals surface area contributed by atoms with Gasteiger partial charge in [-0.3, -0.25) is 4.79 Å². The first-order valence-electron chi connectivity index (χ1n) is 10.2. The number of amides is 2. The summed E-state index contributed by atoms with van der Waals surface area (Å²) in [4.78, 5) is 28.8. The maximum Gasteiger partial charge on any atom is 0.407 e. The van der Waals surface area contributed by atoms with Gasteiger partial charge in [-0.25, -0.2) is 9.78 Å². The molecular weight excluding hydrogens is 450 g/mol. The Kier molecular flexibility index (Phi) is 8.04. The summed E-state index contributed by atoms with van der Waals surface area (Å²) in [5.41, 5.74) is 2.09. The van der Waals surface area contributed by atoms with Crippen molar-refractivity contribution in [1.29, 1.82) is 0 Å². The van der Waals surface area contributed by atoms with Crippen molar-refractivity contribution >= 4 is 46.5 Å². The lowest BCUT2D eigenvalue weighted by Gasteiger charge is -2.19. The molecule has 0 spiro atoms. The highest BCUT2D eigenvalue weighted by Gasteiger charge is 2.17. The number of rotatable bonds is 8. The van der Waals surface area contributed by atoms with E-state index in [4.69, 9.17) is 20.8 Å². The van der Waals surface area contributed by atoms with Crippen molar-refractivity contribution in [3.8, 4) is 0 Å². The van der Waals surface area contributed by atoms with Gasteiger partial charge in [-0.1, -0.05) is 41.6 Å². The monoisotopic (exact) mass is 475 g/mol. The summed E-state index contributed by atoms with van der Waals surface area (Å²) in [6.45, 7) is 6.21. The van der Waals surface area contributed by atoms with Crippen LogP contribution >= 0.6 is 23.4 Å². The molecule has 0 saturated carbocycles. The first-order valence-corrected chi connectivity index (χ1v) is 11.6. The van der Waals surface area contributed by atoms with Gasteiger partial charge in [0.15, 0.2) is 5.58 Å². The zero-order valence-corrected chi connectivity index (χ0v) is 19.8. The number of fused-ring (bicyclic) bond motifs is 1. The van der Waals surface area contributed by atoms with Crippen LogP contribution in [0.5, 0.6) is 0 Å². The zero-order valence-electron chi connectivity index (χ0n) is 18.2. The summed E-state index contributed by atoms with van der Waals surface area (Å²) in [5, 5.41) is 6.71. The van der Waals surface area contributed by atoms with Gasteiger partial charge in [-0.15, -0.1) is 0 Å². The van der Waals surface area contributed by atoms with Crippen molar-refractivity contribution in [3.05, 3.63) is 58.6 Å². The first-order chi connectivity index (χ1) is 15.2. The number of halogens is 1. The van der Waals surface area contributed by atoms with E-state index in [1.807, 2.05) is 24.3 Å². The molecule has 1 heterocycles. The second-order valence-electron chi connectivity index (χ2n) is 8.09. The molecule has 7 nitrogen and oxygen atoms in total. The highest BCUT2D eigenvalue weighted by atomic mass is 35.5. The lowest BCUT2D eigenvalue weighted by Crippen LogP contribution is -2.34. The SMILES string of the molecule is CC(C)(C)OC(=O)NCCCNC(=O)c1cccc2oc(SCc3ccc(Cl)cc3)nc12. The summed E-state index contributed by atoms with van der Waals surface area (Å²) in [6, 6.07) is 12.9.